The zero-order chi connectivity index (χ0) is 11.7. The van der Waals surface area contributed by atoms with E-state index >= 15 is 0 Å². The summed E-state index contributed by atoms with van der Waals surface area (Å²) in [5.41, 5.74) is 5.55. The third-order valence-electron chi connectivity index (χ3n) is 1.69. The van der Waals surface area contributed by atoms with Gasteiger partial charge in [0.15, 0.2) is 0 Å². The number of likely N-dealkylation sites (N-methyl/N-ethyl adjacent to an activating group) is 1. The summed E-state index contributed by atoms with van der Waals surface area (Å²) in [7, 11) is 1.54. The molecule has 0 fully saturated rings. The lowest BCUT2D eigenvalue weighted by Gasteiger charge is -2.09. The minimum atomic E-state index is -0.543. The van der Waals surface area contributed by atoms with E-state index in [0.717, 1.165) is 6.42 Å². The van der Waals surface area contributed by atoms with Crippen molar-refractivity contribution < 1.29 is 9.59 Å². The molecule has 0 saturated carbocycles. The van der Waals surface area contributed by atoms with Gasteiger partial charge in [0.25, 0.3) is 0 Å². The van der Waals surface area contributed by atoms with Crippen LogP contribution in [0.2, 0.25) is 0 Å². The van der Waals surface area contributed by atoms with Gasteiger partial charge < -0.3 is 16.4 Å². The smallest absolute Gasteiger partial charge is 0.237 e. The van der Waals surface area contributed by atoms with Gasteiger partial charge in [0, 0.05) is 19.3 Å². The summed E-state index contributed by atoms with van der Waals surface area (Å²) in [6.07, 6.45) is 0.925. The van der Waals surface area contributed by atoms with Crippen molar-refractivity contribution >= 4 is 23.6 Å². The van der Waals surface area contributed by atoms with Crippen molar-refractivity contribution in [1.29, 1.82) is 0 Å². The molecule has 0 aromatic heterocycles. The van der Waals surface area contributed by atoms with Crippen molar-refractivity contribution in [1.82, 2.24) is 10.6 Å². The molecule has 0 spiro atoms. The first kappa shape index (κ1) is 14.2. The highest BCUT2D eigenvalue weighted by Crippen LogP contribution is 2.01. The normalized spacial score (nSPS) is 11.9. The van der Waals surface area contributed by atoms with Crippen LogP contribution in [0.5, 0.6) is 0 Å². The van der Waals surface area contributed by atoms with Crippen molar-refractivity contribution in [2.45, 2.75) is 19.4 Å². The highest BCUT2D eigenvalue weighted by Gasteiger charge is 2.11. The van der Waals surface area contributed by atoms with Crippen LogP contribution in [0.4, 0.5) is 0 Å². The molecule has 5 nitrogen and oxygen atoms in total. The van der Waals surface area contributed by atoms with Crippen LogP contribution in [0, 0.1) is 0 Å². The summed E-state index contributed by atoms with van der Waals surface area (Å²) in [6.45, 7) is 2.69. The van der Waals surface area contributed by atoms with E-state index in [9.17, 15) is 9.59 Å². The van der Waals surface area contributed by atoms with Crippen LogP contribution in [-0.2, 0) is 9.59 Å². The van der Waals surface area contributed by atoms with Crippen LogP contribution in [0.1, 0.15) is 13.3 Å². The predicted octanol–water partition coefficient (Wildman–Crippen LogP) is -0.681. The van der Waals surface area contributed by atoms with Gasteiger partial charge in [-0.3, -0.25) is 9.59 Å². The quantitative estimate of drug-likeness (QED) is 0.544. The molecule has 0 radical (unpaired) electrons. The molecule has 0 saturated heterocycles. The topological polar surface area (TPSA) is 84.2 Å². The summed E-state index contributed by atoms with van der Waals surface area (Å²) in [5.74, 6) is 0.603. The number of rotatable bonds is 7. The Kier molecular flexibility index (Phi) is 8.12. The van der Waals surface area contributed by atoms with Gasteiger partial charge in [0.2, 0.25) is 11.8 Å². The molecule has 0 rings (SSSR count). The van der Waals surface area contributed by atoms with Gasteiger partial charge in [-0.05, 0) is 6.42 Å². The van der Waals surface area contributed by atoms with E-state index in [-0.39, 0.29) is 11.8 Å². The number of amides is 2. The van der Waals surface area contributed by atoms with Crippen molar-refractivity contribution in [2.75, 3.05) is 25.1 Å². The van der Waals surface area contributed by atoms with E-state index in [2.05, 4.69) is 10.6 Å². The predicted molar refractivity (Wildman–Crippen MR) is 62.7 cm³/mol. The SMILES string of the molecule is CCCNC(=O)CSC[C@@H](N)C(=O)NC. The average molecular weight is 233 g/mol. The fourth-order valence-corrected chi connectivity index (χ4v) is 1.67. The maximum absolute atomic E-state index is 11.1. The lowest BCUT2D eigenvalue weighted by molar-refractivity contribution is -0.121. The molecule has 88 valence electrons. The van der Waals surface area contributed by atoms with Crippen molar-refractivity contribution in [3.63, 3.8) is 0 Å². The van der Waals surface area contributed by atoms with Gasteiger partial charge in [0.05, 0.1) is 11.8 Å². The molecule has 0 aliphatic heterocycles. The summed E-state index contributed by atoms with van der Waals surface area (Å²) in [5, 5.41) is 5.21. The Morgan fingerprint density at radius 1 is 1.47 bits per heavy atom. The number of hydrogen-bond acceptors (Lipinski definition) is 4. The average Bonchev–Trinajstić information content (AvgIpc) is 2.24. The Bertz CT molecular complexity index is 212. The molecule has 4 N–H and O–H groups in total. The van der Waals surface area contributed by atoms with Crippen LogP contribution in [0.3, 0.4) is 0 Å². The maximum atomic E-state index is 11.1. The van der Waals surface area contributed by atoms with Crippen molar-refractivity contribution in [3.8, 4) is 0 Å². The van der Waals surface area contributed by atoms with E-state index < -0.39 is 6.04 Å². The van der Waals surface area contributed by atoms with Gasteiger partial charge in [-0.2, -0.15) is 0 Å². The number of nitrogens with two attached hydrogens (primary N) is 1. The van der Waals surface area contributed by atoms with Gasteiger partial charge in [-0.1, -0.05) is 6.92 Å². The van der Waals surface area contributed by atoms with E-state index in [1.807, 2.05) is 6.92 Å². The summed E-state index contributed by atoms with van der Waals surface area (Å²) in [6, 6.07) is -0.543. The standard InChI is InChI=1S/C9H19N3O2S/c1-3-4-12-8(13)6-15-5-7(10)9(14)11-2/h7H,3-6,10H2,1-2H3,(H,11,14)(H,12,13)/t7-/m1/s1. The molecule has 0 aromatic carbocycles. The molecule has 15 heavy (non-hydrogen) atoms. The molecule has 0 aliphatic rings. The zero-order valence-corrected chi connectivity index (χ0v) is 10.0. The number of nitrogens with one attached hydrogen (secondary N) is 2. The van der Waals surface area contributed by atoms with Crippen molar-refractivity contribution in [3.05, 3.63) is 0 Å². The Morgan fingerprint density at radius 2 is 2.13 bits per heavy atom. The molecule has 0 bridgehead atoms. The number of hydrogen-bond donors (Lipinski definition) is 3. The molecular weight excluding hydrogens is 214 g/mol. The maximum Gasteiger partial charge on any atom is 0.237 e. The third kappa shape index (κ3) is 7.21. The molecule has 0 heterocycles. The van der Waals surface area contributed by atoms with E-state index in [0.29, 0.717) is 18.1 Å². The zero-order valence-electron chi connectivity index (χ0n) is 9.21. The Labute approximate surface area is 94.5 Å². The first-order valence-electron chi connectivity index (χ1n) is 4.93. The largest absolute Gasteiger partial charge is 0.358 e. The monoisotopic (exact) mass is 233 g/mol. The number of carbonyl (C=O) groups is 2. The Morgan fingerprint density at radius 3 is 2.67 bits per heavy atom. The summed E-state index contributed by atoms with van der Waals surface area (Å²) >= 11 is 1.37. The van der Waals surface area contributed by atoms with Crippen LogP contribution in [-0.4, -0.2) is 43.0 Å². The highest BCUT2D eigenvalue weighted by molar-refractivity contribution is 8.00. The van der Waals surface area contributed by atoms with Gasteiger partial charge in [0.1, 0.15) is 0 Å². The second-order valence-electron chi connectivity index (χ2n) is 3.09. The minimum absolute atomic E-state index is 0.00837. The molecule has 0 aliphatic carbocycles. The first-order valence-corrected chi connectivity index (χ1v) is 6.08. The lowest BCUT2D eigenvalue weighted by atomic mass is 10.3. The van der Waals surface area contributed by atoms with E-state index in [4.69, 9.17) is 5.73 Å². The lowest BCUT2D eigenvalue weighted by Crippen LogP contribution is -2.40. The van der Waals surface area contributed by atoms with Crippen LogP contribution in [0.25, 0.3) is 0 Å². The summed E-state index contributed by atoms with van der Waals surface area (Å²) in [4.78, 5) is 22.2. The molecular formula is C9H19N3O2S. The van der Waals surface area contributed by atoms with E-state index in [1.165, 1.54) is 11.8 Å². The fraction of sp³-hybridized carbons (Fsp3) is 0.778. The molecule has 2 amide bonds. The first-order chi connectivity index (χ1) is 7.11. The molecule has 0 unspecified atom stereocenters. The second-order valence-corrected chi connectivity index (χ2v) is 4.12. The van der Waals surface area contributed by atoms with Crippen molar-refractivity contribution in [2.24, 2.45) is 5.73 Å². The van der Waals surface area contributed by atoms with Gasteiger partial charge in [-0.15, -0.1) is 11.8 Å². The second kappa shape index (κ2) is 8.55. The summed E-state index contributed by atoms with van der Waals surface area (Å²) < 4.78 is 0. The Hall–Kier alpha value is -0.750. The van der Waals surface area contributed by atoms with Crippen LogP contribution in [0.15, 0.2) is 0 Å². The Balaban J connectivity index is 3.52. The van der Waals surface area contributed by atoms with Gasteiger partial charge in [-0.25, -0.2) is 0 Å². The fourth-order valence-electron chi connectivity index (χ4n) is 0.855. The third-order valence-corrected chi connectivity index (χ3v) is 2.75. The molecule has 1 atom stereocenters. The molecule has 6 heteroatoms. The highest BCUT2D eigenvalue weighted by atomic mass is 32.2. The number of thioether (sulfide) groups is 1. The minimum Gasteiger partial charge on any atom is -0.358 e. The van der Waals surface area contributed by atoms with Crippen LogP contribution < -0.4 is 16.4 Å². The molecule has 0 aromatic rings. The van der Waals surface area contributed by atoms with Crippen LogP contribution >= 0.6 is 11.8 Å². The number of carbonyl (C=O) groups excluding carboxylic acids is 2. The van der Waals surface area contributed by atoms with Gasteiger partial charge >= 0.3 is 0 Å². The van der Waals surface area contributed by atoms with E-state index in [1.54, 1.807) is 7.05 Å².